The molecule has 0 aliphatic heterocycles. The van der Waals surface area contributed by atoms with Crippen LogP contribution in [0.2, 0.25) is 0 Å². The summed E-state index contributed by atoms with van der Waals surface area (Å²) in [6.07, 6.45) is 29.6. The number of unbranched alkanes of at least 4 members (excludes halogenated alkanes) is 12. The third kappa shape index (κ3) is 54.6. The number of hydrogen-bond acceptors (Lipinski definition) is 0. The predicted molar refractivity (Wildman–Crippen MR) is 281 cm³/mol. The van der Waals surface area contributed by atoms with Gasteiger partial charge in [-0.15, -0.1) is 13.2 Å². The Bertz CT molecular complexity index is 1210. The van der Waals surface area contributed by atoms with Gasteiger partial charge in [0.05, 0.1) is 0 Å². The summed E-state index contributed by atoms with van der Waals surface area (Å²) in [5.74, 6) is 1.30. The van der Waals surface area contributed by atoms with E-state index in [4.69, 9.17) is 0 Å². The molecule has 3 aromatic carbocycles. The lowest BCUT2D eigenvalue weighted by atomic mass is 9.96. The van der Waals surface area contributed by atoms with Crippen LogP contribution in [0, 0.1) is 33.6 Å². The summed E-state index contributed by atoms with van der Waals surface area (Å²) < 4.78 is 0. The second-order valence-corrected chi connectivity index (χ2v) is 16.1. The van der Waals surface area contributed by atoms with Crippen LogP contribution in [-0.2, 0) is 0 Å². The minimum absolute atomic E-state index is 0.648. The SMILES string of the molecule is C=CC(C)C.C=CCC.C=Cc1ccc(C)cc1.C=Cc1ccc(C)cc1.CCCCCC.CCCCCCC.CCCCCCCC.Cc1ccc(C)c(C(C)C)c1. The van der Waals surface area contributed by atoms with Crippen LogP contribution in [0.25, 0.3) is 12.2 Å². The molecule has 0 heteroatoms. The van der Waals surface area contributed by atoms with E-state index in [-0.39, 0.29) is 0 Å². The van der Waals surface area contributed by atoms with Crippen molar-refractivity contribution in [1.82, 2.24) is 0 Å². The van der Waals surface area contributed by atoms with Gasteiger partial charge in [0, 0.05) is 0 Å². The number of rotatable bonds is 17. The lowest BCUT2D eigenvalue weighted by molar-refractivity contribution is 0.624. The number of hydrogen-bond donors (Lipinski definition) is 0. The molecule has 0 unspecified atom stereocenters. The van der Waals surface area contributed by atoms with Gasteiger partial charge >= 0.3 is 0 Å². The highest BCUT2D eigenvalue weighted by atomic mass is 14.1. The summed E-state index contributed by atoms with van der Waals surface area (Å²) in [5, 5.41) is 0. The van der Waals surface area contributed by atoms with Crippen molar-refractivity contribution < 1.29 is 0 Å². The molecule has 0 radical (unpaired) electrons. The quantitative estimate of drug-likeness (QED) is 0.0941. The highest BCUT2D eigenvalue weighted by Crippen LogP contribution is 2.19. The Morgan fingerprint density at radius 2 is 0.695 bits per heavy atom. The van der Waals surface area contributed by atoms with Crippen molar-refractivity contribution in [3.05, 3.63) is 144 Å². The first-order chi connectivity index (χ1) is 28.2. The number of benzene rings is 3. The van der Waals surface area contributed by atoms with E-state index in [0.717, 1.165) is 6.42 Å². The van der Waals surface area contributed by atoms with E-state index in [2.05, 4.69) is 197 Å². The van der Waals surface area contributed by atoms with Gasteiger partial charge in [-0.3, -0.25) is 0 Å². The second kappa shape index (κ2) is 52.6. The Morgan fingerprint density at radius 3 is 0.915 bits per heavy atom. The first-order valence-corrected chi connectivity index (χ1v) is 23.9. The van der Waals surface area contributed by atoms with Crippen LogP contribution in [-0.4, -0.2) is 0 Å². The maximum Gasteiger partial charge on any atom is -0.0216 e. The fourth-order valence-electron chi connectivity index (χ4n) is 4.82. The lowest BCUT2D eigenvalue weighted by Gasteiger charge is -2.09. The largest absolute Gasteiger partial charge is 0.103 e. The Hall–Kier alpha value is -3.38. The van der Waals surface area contributed by atoms with Crippen LogP contribution >= 0.6 is 0 Å². The van der Waals surface area contributed by atoms with Crippen molar-refractivity contribution in [2.75, 3.05) is 0 Å². The summed E-state index contributed by atoms with van der Waals surface area (Å²) in [5.41, 5.74) is 9.19. The van der Waals surface area contributed by atoms with E-state index in [1.165, 1.54) is 135 Å². The minimum Gasteiger partial charge on any atom is -0.103 e. The molecule has 3 aromatic rings. The third-order valence-corrected chi connectivity index (χ3v) is 9.06. The molecule has 0 saturated carbocycles. The maximum atomic E-state index is 3.66. The first-order valence-electron chi connectivity index (χ1n) is 23.9. The Morgan fingerprint density at radius 1 is 0.424 bits per heavy atom. The van der Waals surface area contributed by atoms with Gasteiger partial charge in [0.1, 0.15) is 0 Å². The van der Waals surface area contributed by atoms with E-state index < -0.39 is 0 Å². The van der Waals surface area contributed by atoms with Crippen LogP contribution in [0.1, 0.15) is 224 Å². The lowest BCUT2D eigenvalue weighted by Crippen LogP contribution is -1.91. The molecule has 0 aliphatic rings. The van der Waals surface area contributed by atoms with E-state index in [1.54, 1.807) is 0 Å². The average molecular weight is 811 g/mol. The van der Waals surface area contributed by atoms with Gasteiger partial charge in [-0.05, 0) is 68.2 Å². The van der Waals surface area contributed by atoms with Gasteiger partial charge in [-0.2, -0.15) is 0 Å². The molecule has 0 fully saturated rings. The van der Waals surface area contributed by atoms with Crippen LogP contribution in [0.4, 0.5) is 0 Å². The predicted octanol–water partition coefficient (Wildman–Crippen LogP) is 21.0. The van der Waals surface area contributed by atoms with Gasteiger partial charge in [0.2, 0.25) is 0 Å². The molecule has 59 heavy (non-hydrogen) atoms. The third-order valence-electron chi connectivity index (χ3n) is 9.06. The normalized spacial score (nSPS) is 9.24. The summed E-state index contributed by atoms with van der Waals surface area (Å²) >= 11 is 0. The molecule has 0 heterocycles. The summed E-state index contributed by atoms with van der Waals surface area (Å²) in [6.45, 7) is 47.0. The fourth-order valence-corrected chi connectivity index (χ4v) is 4.82. The molecule has 3 rings (SSSR count). The molecule has 338 valence electrons. The molecule has 0 aliphatic carbocycles. The highest BCUT2D eigenvalue weighted by molar-refractivity contribution is 5.47. The molecule has 0 saturated heterocycles. The van der Waals surface area contributed by atoms with Crippen molar-refractivity contribution in [3.63, 3.8) is 0 Å². The zero-order valence-corrected chi connectivity index (χ0v) is 42.5. The van der Waals surface area contributed by atoms with Crippen LogP contribution in [0.3, 0.4) is 0 Å². The number of aryl methyl sites for hydroxylation is 4. The maximum absolute atomic E-state index is 3.66. The van der Waals surface area contributed by atoms with E-state index in [1.807, 2.05) is 24.3 Å². The molecule has 0 amide bonds. The van der Waals surface area contributed by atoms with Gasteiger partial charge in [-0.25, -0.2) is 0 Å². The van der Waals surface area contributed by atoms with Gasteiger partial charge in [0.25, 0.3) is 0 Å². The molecule has 0 nitrogen and oxygen atoms in total. The fraction of sp³-hybridized carbons (Fsp3) is 0.559. The molecule has 0 bridgehead atoms. The van der Waals surface area contributed by atoms with E-state index >= 15 is 0 Å². The summed E-state index contributed by atoms with van der Waals surface area (Å²) in [4.78, 5) is 0. The molecule has 0 atom stereocenters. The Kier molecular flexibility index (Phi) is 57.8. The number of allylic oxidation sites excluding steroid dienone is 2. The Balaban J connectivity index is -0.000000192. The molecule has 0 aromatic heterocycles. The van der Waals surface area contributed by atoms with Crippen molar-refractivity contribution >= 4 is 12.2 Å². The molecule has 0 N–H and O–H groups in total. The molecular weight excluding hydrogens is 709 g/mol. The monoisotopic (exact) mass is 811 g/mol. The Labute approximate surface area is 373 Å². The van der Waals surface area contributed by atoms with Crippen LogP contribution in [0.15, 0.2) is 105 Å². The first kappa shape index (κ1) is 64.8. The summed E-state index contributed by atoms with van der Waals surface area (Å²) in [6, 6.07) is 23.2. The smallest absolute Gasteiger partial charge is 0.0216 e. The van der Waals surface area contributed by atoms with Crippen molar-refractivity contribution in [3.8, 4) is 0 Å². The average Bonchev–Trinajstić information content (AvgIpc) is 3.24. The van der Waals surface area contributed by atoms with Crippen LogP contribution < -0.4 is 0 Å². The second-order valence-electron chi connectivity index (χ2n) is 16.1. The van der Waals surface area contributed by atoms with Gasteiger partial charge in [0.15, 0.2) is 0 Å². The zero-order valence-electron chi connectivity index (χ0n) is 42.5. The standard InChI is InChI=1S/C11H16.2C9H10.C8H18.C7H16.C6H14.C5H10.C4H8/c1-8(2)11-7-9(3)5-6-10(11)4;2*1-3-9-6-4-8(2)5-7-9;1-3-5-7-8-6-4-2;1-3-5-7-6-4-2;1-3-5-6-4-2;1-4-5(2)3;1-3-4-2/h5-8H,1-4H3;2*3-7H,1H2,2H3;3-8H2,1-2H3;3-7H2,1-2H3;3-6H2,1-2H3;4-5H,1H2,2-3H3;3H,1,4H2,2H3. The molecular formula is C59H102. The van der Waals surface area contributed by atoms with Crippen molar-refractivity contribution in [2.24, 2.45) is 5.92 Å². The zero-order chi connectivity index (χ0) is 46.1. The molecule has 0 spiro atoms. The minimum atomic E-state index is 0.648. The topological polar surface area (TPSA) is 0 Å². The van der Waals surface area contributed by atoms with Crippen molar-refractivity contribution in [1.29, 1.82) is 0 Å². The van der Waals surface area contributed by atoms with E-state index in [9.17, 15) is 0 Å². The van der Waals surface area contributed by atoms with E-state index in [0.29, 0.717) is 11.8 Å². The van der Waals surface area contributed by atoms with Crippen molar-refractivity contribution in [2.45, 2.75) is 213 Å². The summed E-state index contributed by atoms with van der Waals surface area (Å²) in [7, 11) is 0. The van der Waals surface area contributed by atoms with Gasteiger partial charge < -0.3 is 0 Å². The van der Waals surface area contributed by atoms with Gasteiger partial charge in [-0.1, -0.05) is 293 Å². The highest BCUT2D eigenvalue weighted by Gasteiger charge is 2.01. The van der Waals surface area contributed by atoms with Crippen LogP contribution in [0.5, 0.6) is 0 Å².